The highest BCUT2D eigenvalue weighted by Gasteiger charge is 2.19. The zero-order valence-electron chi connectivity index (χ0n) is 16.2. The summed E-state index contributed by atoms with van der Waals surface area (Å²) in [4.78, 5) is 4.67. The van der Waals surface area contributed by atoms with Gasteiger partial charge in [-0.3, -0.25) is 4.99 Å². The fourth-order valence-corrected chi connectivity index (χ4v) is 3.09. The Morgan fingerprint density at radius 1 is 0.852 bits per heavy atom. The topological polar surface area (TPSA) is 41.8 Å². The van der Waals surface area contributed by atoms with Gasteiger partial charge in [-0.15, -0.1) is 0 Å². The molecular formula is C24H25NO2. The fraction of sp³-hybridized carbons (Fsp3) is 0.208. The third-order valence-electron chi connectivity index (χ3n) is 4.52. The number of nitrogens with zero attached hydrogens (tertiary/aromatic N) is 1. The maximum Gasteiger partial charge on any atom is 0.128 e. The molecule has 0 radical (unpaired) electrons. The molecule has 0 heterocycles. The van der Waals surface area contributed by atoms with E-state index in [4.69, 9.17) is 4.74 Å². The Hall–Kier alpha value is -3.07. The smallest absolute Gasteiger partial charge is 0.128 e. The molecule has 0 fully saturated rings. The second-order valence-electron chi connectivity index (χ2n) is 7.47. The summed E-state index contributed by atoms with van der Waals surface area (Å²) in [5.41, 5.74) is 4.27. The number of ether oxygens (including phenoxy) is 1. The van der Waals surface area contributed by atoms with Crippen LogP contribution in [0.2, 0.25) is 0 Å². The highest BCUT2D eigenvalue weighted by atomic mass is 16.5. The van der Waals surface area contributed by atoms with Gasteiger partial charge in [0.1, 0.15) is 11.5 Å². The average Bonchev–Trinajstić information content (AvgIpc) is 2.66. The summed E-state index contributed by atoms with van der Waals surface area (Å²) in [6.07, 6.45) is 1.72. The lowest BCUT2D eigenvalue weighted by Gasteiger charge is -2.21. The van der Waals surface area contributed by atoms with Crippen LogP contribution in [0.5, 0.6) is 11.5 Å². The number of aromatic hydroxyl groups is 1. The number of hydrogen-bond donors (Lipinski definition) is 1. The normalized spacial score (nSPS) is 11.7. The molecule has 0 aliphatic heterocycles. The van der Waals surface area contributed by atoms with Gasteiger partial charge in [-0.25, -0.2) is 0 Å². The molecule has 3 heteroatoms. The van der Waals surface area contributed by atoms with E-state index in [1.54, 1.807) is 13.3 Å². The summed E-state index contributed by atoms with van der Waals surface area (Å²) >= 11 is 0. The largest absolute Gasteiger partial charge is 0.507 e. The SMILES string of the molecule is COc1ccccc1-c1ccccc1N=Cc1cccc(C(C)(C)C)c1O. The van der Waals surface area contributed by atoms with Crippen LogP contribution in [0, 0.1) is 0 Å². The van der Waals surface area contributed by atoms with Crippen LogP contribution >= 0.6 is 0 Å². The molecule has 3 aromatic carbocycles. The average molecular weight is 359 g/mol. The number of para-hydroxylation sites is 3. The summed E-state index contributed by atoms with van der Waals surface area (Å²) in [5, 5.41) is 10.7. The fourth-order valence-electron chi connectivity index (χ4n) is 3.09. The Morgan fingerprint density at radius 2 is 1.52 bits per heavy atom. The lowest BCUT2D eigenvalue weighted by molar-refractivity contribution is 0.416. The third-order valence-corrected chi connectivity index (χ3v) is 4.52. The molecule has 0 spiro atoms. The Kier molecular flexibility index (Phi) is 5.31. The van der Waals surface area contributed by atoms with Crippen molar-refractivity contribution in [1.82, 2.24) is 0 Å². The lowest BCUT2D eigenvalue weighted by Crippen LogP contribution is -2.11. The van der Waals surface area contributed by atoms with E-state index in [0.29, 0.717) is 5.56 Å². The molecule has 0 saturated carbocycles. The maximum atomic E-state index is 10.7. The van der Waals surface area contributed by atoms with E-state index in [2.05, 4.69) is 25.8 Å². The van der Waals surface area contributed by atoms with E-state index >= 15 is 0 Å². The molecule has 0 unspecified atom stereocenters. The van der Waals surface area contributed by atoms with E-state index in [0.717, 1.165) is 28.1 Å². The van der Waals surface area contributed by atoms with Crippen LogP contribution in [0.15, 0.2) is 71.7 Å². The van der Waals surface area contributed by atoms with Gasteiger partial charge >= 0.3 is 0 Å². The summed E-state index contributed by atoms with van der Waals surface area (Å²) in [5.74, 6) is 1.08. The van der Waals surface area contributed by atoms with Crippen LogP contribution in [-0.2, 0) is 5.41 Å². The predicted octanol–water partition coefficient (Wildman–Crippen LogP) is 6.12. The van der Waals surface area contributed by atoms with Crippen molar-refractivity contribution in [2.24, 2.45) is 4.99 Å². The van der Waals surface area contributed by atoms with Crippen molar-refractivity contribution in [1.29, 1.82) is 0 Å². The van der Waals surface area contributed by atoms with Gasteiger partial charge in [0.15, 0.2) is 0 Å². The molecule has 0 saturated heterocycles. The van der Waals surface area contributed by atoms with Gasteiger partial charge < -0.3 is 9.84 Å². The highest BCUT2D eigenvalue weighted by Crippen LogP contribution is 2.37. The van der Waals surface area contributed by atoms with Gasteiger partial charge in [0, 0.05) is 22.9 Å². The van der Waals surface area contributed by atoms with Gasteiger partial charge in [0.25, 0.3) is 0 Å². The molecule has 3 aromatic rings. The van der Waals surface area contributed by atoms with E-state index in [1.165, 1.54) is 0 Å². The monoisotopic (exact) mass is 359 g/mol. The first-order valence-electron chi connectivity index (χ1n) is 9.01. The molecule has 0 aliphatic carbocycles. The maximum absolute atomic E-state index is 10.7. The first kappa shape index (κ1) is 18.7. The van der Waals surface area contributed by atoms with Crippen molar-refractivity contribution in [3.05, 3.63) is 77.9 Å². The predicted molar refractivity (Wildman–Crippen MR) is 112 cm³/mol. The van der Waals surface area contributed by atoms with Gasteiger partial charge in [-0.2, -0.15) is 0 Å². The quantitative estimate of drug-likeness (QED) is 0.571. The van der Waals surface area contributed by atoms with Gasteiger partial charge in [-0.1, -0.05) is 69.3 Å². The zero-order chi connectivity index (χ0) is 19.4. The molecule has 27 heavy (non-hydrogen) atoms. The number of rotatable bonds is 4. The summed E-state index contributed by atoms with van der Waals surface area (Å²) in [6, 6.07) is 21.6. The van der Waals surface area contributed by atoms with Gasteiger partial charge in [0.05, 0.1) is 12.8 Å². The van der Waals surface area contributed by atoms with Crippen LogP contribution in [0.4, 0.5) is 5.69 Å². The van der Waals surface area contributed by atoms with Crippen molar-refractivity contribution in [3.8, 4) is 22.6 Å². The first-order valence-corrected chi connectivity index (χ1v) is 9.01. The number of methoxy groups -OCH3 is 1. The Morgan fingerprint density at radius 3 is 2.22 bits per heavy atom. The van der Waals surface area contributed by atoms with Crippen LogP contribution < -0.4 is 4.74 Å². The Bertz CT molecular complexity index is 968. The van der Waals surface area contributed by atoms with Crippen LogP contribution in [0.25, 0.3) is 11.1 Å². The summed E-state index contributed by atoms with van der Waals surface area (Å²) in [7, 11) is 1.67. The standard InChI is InChI=1S/C24H25NO2/c1-24(2,3)20-13-9-10-17(23(20)26)16-25-21-14-7-5-11-18(21)19-12-6-8-15-22(19)27-4/h5-16,26H,1-4H3. The van der Waals surface area contributed by atoms with Crippen molar-refractivity contribution in [2.45, 2.75) is 26.2 Å². The summed E-state index contributed by atoms with van der Waals surface area (Å²) < 4.78 is 5.50. The van der Waals surface area contributed by atoms with Gasteiger partial charge in [0.2, 0.25) is 0 Å². The Balaban J connectivity index is 2.03. The molecule has 138 valence electrons. The van der Waals surface area contributed by atoms with E-state index in [1.807, 2.05) is 66.7 Å². The number of phenolic OH excluding ortho intramolecular Hbond substituents is 1. The van der Waals surface area contributed by atoms with Crippen LogP contribution in [0.1, 0.15) is 31.9 Å². The lowest BCUT2D eigenvalue weighted by atomic mass is 9.85. The van der Waals surface area contributed by atoms with Crippen molar-refractivity contribution in [2.75, 3.05) is 7.11 Å². The minimum absolute atomic E-state index is 0.136. The van der Waals surface area contributed by atoms with Crippen molar-refractivity contribution < 1.29 is 9.84 Å². The molecule has 0 atom stereocenters. The van der Waals surface area contributed by atoms with Crippen molar-refractivity contribution >= 4 is 11.9 Å². The minimum atomic E-state index is -0.136. The molecule has 0 bridgehead atoms. The second-order valence-corrected chi connectivity index (χ2v) is 7.47. The van der Waals surface area contributed by atoms with Crippen LogP contribution in [0.3, 0.4) is 0 Å². The zero-order valence-corrected chi connectivity index (χ0v) is 16.2. The summed E-state index contributed by atoms with van der Waals surface area (Å²) in [6.45, 7) is 6.25. The van der Waals surface area contributed by atoms with E-state index < -0.39 is 0 Å². The molecule has 3 nitrogen and oxygen atoms in total. The number of phenols is 1. The van der Waals surface area contributed by atoms with Crippen molar-refractivity contribution in [3.63, 3.8) is 0 Å². The highest BCUT2D eigenvalue weighted by molar-refractivity contribution is 5.89. The number of hydrogen-bond acceptors (Lipinski definition) is 3. The molecule has 0 aromatic heterocycles. The van der Waals surface area contributed by atoms with Gasteiger partial charge in [-0.05, 0) is 29.2 Å². The minimum Gasteiger partial charge on any atom is -0.507 e. The molecule has 1 N–H and O–H groups in total. The molecule has 0 aliphatic rings. The number of benzene rings is 3. The van der Waals surface area contributed by atoms with Crippen LogP contribution in [-0.4, -0.2) is 18.4 Å². The number of aliphatic imine (C=N–C) groups is 1. The van der Waals surface area contributed by atoms with E-state index in [-0.39, 0.29) is 11.2 Å². The first-order chi connectivity index (χ1) is 12.9. The van der Waals surface area contributed by atoms with E-state index in [9.17, 15) is 5.11 Å². The molecular weight excluding hydrogens is 334 g/mol. The Labute approximate surface area is 161 Å². The molecule has 3 rings (SSSR count). The third kappa shape index (κ3) is 4.03. The molecule has 0 amide bonds. The second kappa shape index (κ2) is 7.67.